The molecule has 0 aliphatic carbocycles. The first-order chi connectivity index (χ1) is 18.1. The van der Waals surface area contributed by atoms with Gasteiger partial charge < -0.3 is 9.84 Å². The van der Waals surface area contributed by atoms with Crippen molar-refractivity contribution < 1.29 is 23.8 Å². The second-order valence-electron chi connectivity index (χ2n) is 10.1. The van der Waals surface area contributed by atoms with Gasteiger partial charge in [-0.1, -0.05) is 56.4 Å². The fraction of sp³-hybridized carbons (Fsp3) is 0.233. The Kier molecular flexibility index (Phi) is 6.53. The predicted molar refractivity (Wildman–Crippen MR) is 147 cm³/mol. The number of aliphatic hydroxyl groups is 1. The number of aromatic nitrogens is 1. The Bertz CT molecular complexity index is 1570. The monoisotopic (exact) mass is 530 g/mol. The topological polar surface area (TPSA) is 79.7 Å². The van der Waals surface area contributed by atoms with Crippen molar-refractivity contribution >= 4 is 44.1 Å². The van der Waals surface area contributed by atoms with Gasteiger partial charge in [-0.05, 0) is 65.9 Å². The molecule has 1 saturated heterocycles. The Morgan fingerprint density at radius 1 is 1.05 bits per heavy atom. The van der Waals surface area contributed by atoms with Gasteiger partial charge >= 0.3 is 5.91 Å². The molecule has 1 aliphatic rings. The summed E-state index contributed by atoms with van der Waals surface area (Å²) in [5, 5.41) is 11.6. The standard InChI is InChI=1S/C30H27FN2O4S/c1-5-37-21-13-8-18(9-14-21)26(34)24-25(17-6-10-19(11-7-17)30(2,3)4)33(28(36)27(24)35)29-32-22-15-12-20(31)16-23(22)38-29/h6-16,25,34H,5H2,1-4H3/t25-/m1/s1. The maximum absolute atomic E-state index is 13.9. The molecule has 1 N–H and O–H groups in total. The van der Waals surface area contributed by atoms with E-state index in [4.69, 9.17) is 4.74 Å². The molecule has 38 heavy (non-hydrogen) atoms. The second kappa shape index (κ2) is 9.68. The maximum Gasteiger partial charge on any atom is 0.301 e. The molecule has 5 rings (SSSR count). The van der Waals surface area contributed by atoms with E-state index in [0.717, 1.165) is 16.9 Å². The molecule has 8 heteroatoms. The van der Waals surface area contributed by atoms with Crippen LogP contribution in [0.15, 0.2) is 72.3 Å². The average Bonchev–Trinajstić information content (AvgIpc) is 3.41. The number of hydrogen-bond acceptors (Lipinski definition) is 6. The summed E-state index contributed by atoms with van der Waals surface area (Å²) in [5.74, 6) is -1.69. The predicted octanol–water partition coefficient (Wildman–Crippen LogP) is 6.76. The molecule has 0 spiro atoms. The van der Waals surface area contributed by atoms with Crippen molar-refractivity contribution in [3.05, 3.63) is 94.8 Å². The van der Waals surface area contributed by atoms with E-state index in [1.165, 1.54) is 23.1 Å². The molecular weight excluding hydrogens is 503 g/mol. The molecule has 0 unspecified atom stereocenters. The number of thiazole rings is 1. The number of hydrogen-bond donors (Lipinski definition) is 1. The fourth-order valence-corrected chi connectivity index (χ4v) is 5.55. The number of carbonyl (C=O) groups is 2. The Labute approximate surface area is 224 Å². The molecule has 1 amide bonds. The minimum Gasteiger partial charge on any atom is -0.507 e. The van der Waals surface area contributed by atoms with E-state index in [9.17, 15) is 19.1 Å². The number of anilines is 1. The van der Waals surface area contributed by atoms with Crippen molar-refractivity contribution in [3.8, 4) is 5.75 Å². The lowest BCUT2D eigenvalue weighted by molar-refractivity contribution is -0.132. The van der Waals surface area contributed by atoms with E-state index in [1.807, 2.05) is 31.2 Å². The van der Waals surface area contributed by atoms with Gasteiger partial charge in [-0.3, -0.25) is 14.5 Å². The molecule has 2 heterocycles. The molecule has 1 atom stereocenters. The van der Waals surface area contributed by atoms with Gasteiger partial charge in [-0.2, -0.15) is 0 Å². The third-order valence-electron chi connectivity index (χ3n) is 6.52. The van der Waals surface area contributed by atoms with E-state index in [1.54, 1.807) is 24.3 Å². The zero-order chi connectivity index (χ0) is 27.2. The molecule has 0 saturated carbocycles. The fourth-order valence-electron chi connectivity index (χ4n) is 4.53. The molecule has 194 valence electrons. The number of fused-ring (bicyclic) bond motifs is 1. The van der Waals surface area contributed by atoms with Crippen LogP contribution in [-0.4, -0.2) is 28.4 Å². The van der Waals surface area contributed by atoms with Crippen LogP contribution in [0.5, 0.6) is 5.75 Å². The highest BCUT2D eigenvalue weighted by atomic mass is 32.1. The van der Waals surface area contributed by atoms with Gasteiger partial charge in [-0.15, -0.1) is 0 Å². The number of amides is 1. The third-order valence-corrected chi connectivity index (χ3v) is 7.54. The van der Waals surface area contributed by atoms with Gasteiger partial charge in [0, 0.05) is 5.56 Å². The van der Waals surface area contributed by atoms with Crippen LogP contribution in [-0.2, 0) is 15.0 Å². The number of halogens is 1. The molecule has 1 aromatic heterocycles. The van der Waals surface area contributed by atoms with Gasteiger partial charge in [0.1, 0.15) is 17.3 Å². The Balaban J connectivity index is 1.68. The van der Waals surface area contributed by atoms with Crippen LogP contribution >= 0.6 is 11.3 Å². The number of aliphatic hydroxyl groups excluding tert-OH is 1. The highest BCUT2D eigenvalue weighted by Gasteiger charge is 2.48. The van der Waals surface area contributed by atoms with Gasteiger partial charge in [0.2, 0.25) is 0 Å². The molecule has 3 aromatic carbocycles. The van der Waals surface area contributed by atoms with Gasteiger partial charge in [-0.25, -0.2) is 9.37 Å². The molecule has 1 aliphatic heterocycles. The van der Waals surface area contributed by atoms with Crippen molar-refractivity contribution in [2.75, 3.05) is 11.5 Å². The zero-order valence-electron chi connectivity index (χ0n) is 21.5. The molecule has 0 radical (unpaired) electrons. The van der Waals surface area contributed by atoms with Gasteiger partial charge in [0.05, 0.1) is 28.4 Å². The number of benzene rings is 3. The van der Waals surface area contributed by atoms with Crippen molar-refractivity contribution in [3.63, 3.8) is 0 Å². The SMILES string of the molecule is CCOc1ccc(C(O)=C2C(=O)C(=O)N(c3nc4ccc(F)cc4s3)[C@@H]2c2ccc(C(C)(C)C)cc2)cc1. The van der Waals surface area contributed by atoms with E-state index in [-0.39, 0.29) is 21.9 Å². The lowest BCUT2D eigenvalue weighted by Crippen LogP contribution is -2.29. The van der Waals surface area contributed by atoms with E-state index >= 15 is 0 Å². The molecule has 1 fully saturated rings. The first-order valence-corrected chi connectivity index (χ1v) is 13.1. The number of nitrogens with zero attached hydrogens (tertiary/aromatic N) is 2. The first-order valence-electron chi connectivity index (χ1n) is 12.3. The number of ketones is 1. The van der Waals surface area contributed by atoms with Crippen LogP contribution in [0.4, 0.5) is 9.52 Å². The van der Waals surface area contributed by atoms with Crippen LogP contribution in [0.25, 0.3) is 16.0 Å². The summed E-state index contributed by atoms with van der Waals surface area (Å²) in [6, 6.07) is 17.6. The lowest BCUT2D eigenvalue weighted by Gasteiger charge is -2.24. The number of carbonyl (C=O) groups excluding carboxylic acids is 2. The van der Waals surface area contributed by atoms with E-state index in [0.29, 0.717) is 33.7 Å². The number of Topliss-reactive ketones (excluding diaryl/α,β-unsaturated/α-hetero) is 1. The van der Waals surface area contributed by atoms with E-state index in [2.05, 4.69) is 25.8 Å². The zero-order valence-corrected chi connectivity index (χ0v) is 22.3. The minimum atomic E-state index is -0.916. The average molecular weight is 531 g/mol. The summed E-state index contributed by atoms with van der Waals surface area (Å²) >= 11 is 1.12. The van der Waals surface area contributed by atoms with Crippen LogP contribution in [0, 0.1) is 5.82 Å². The molecule has 6 nitrogen and oxygen atoms in total. The van der Waals surface area contributed by atoms with Crippen molar-refractivity contribution in [1.82, 2.24) is 4.98 Å². The normalized spacial score (nSPS) is 17.4. The summed E-state index contributed by atoms with van der Waals surface area (Å²) in [6.45, 7) is 8.66. The summed E-state index contributed by atoms with van der Waals surface area (Å²) in [6.07, 6.45) is 0. The molecular formula is C30H27FN2O4S. The third kappa shape index (κ3) is 4.56. The highest BCUT2D eigenvalue weighted by Crippen LogP contribution is 2.44. The maximum atomic E-state index is 13.9. The van der Waals surface area contributed by atoms with E-state index < -0.39 is 23.5 Å². The van der Waals surface area contributed by atoms with Gasteiger partial charge in [0.15, 0.2) is 5.13 Å². The molecule has 0 bridgehead atoms. The lowest BCUT2D eigenvalue weighted by atomic mass is 9.85. The second-order valence-corrected chi connectivity index (χ2v) is 11.1. The Morgan fingerprint density at radius 2 is 1.74 bits per heavy atom. The number of rotatable bonds is 5. The summed E-state index contributed by atoms with van der Waals surface area (Å²) in [4.78, 5) is 32.7. The smallest absolute Gasteiger partial charge is 0.301 e. The van der Waals surface area contributed by atoms with Crippen molar-refractivity contribution in [2.45, 2.75) is 39.2 Å². The summed E-state index contributed by atoms with van der Waals surface area (Å²) in [5.41, 5.74) is 2.50. The quantitative estimate of drug-likeness (QED) is 0.175. The van der Waals surface area contributed by atoms with Crippen molar-refractivity contribution in [1.29, 1.82) is 0 Å². The van der Waals surface area contributed by atoms with Crippen LogP contribution in [0.3, 0.4) is 0 Å². The Hall–Kier alpha value is -4.04. The van der Waals surface area contributed by atoms with Crippen LogP contribution in [0.2, 0.25) is 0 Å². The largest absolute Gasteiger partial charge is 0.507 e. The van der Waals surface area contributed by atoms with Gasteiger partial charge in [0.25, 0.3) is 5.78 Å². The van der Waals surface area contributed by atoms with Crippen LogP contribution in [0.1, 0.15) is 50.4 Å². The summed E-state index contributed by atoms with van der Waals surface area (Å²) in [7, 11) is 0. The molecule has 4 aromatic rings. The summed E-state index contributed by atoms with van der Waals surface area (Å²) < 4.78 is 19.9. The van der Waals surface area contributed by atoms with Crippen LogP contribution < -0.4 is 9.64 Å². The van der Waals surface area contributed by atoms with Crippen molar-refractivity contribution in [2.24, 2.45) is 0 Å². The Morgan fingerprint density at radius 3 is 2.37 bits per heavy atom. The highest BCUT2D eigenvalue weighted by molar-refractivity contribution is 7.22. The minimum absolute atomic E-state index is 0.0342. The number of ether oxygens (including phenoxy) is 1. The first kappa shape index (κ1) is 25.6.